The molecule has 0 saturated carbocycles. The molecule has 2 rings (SSSR count). The van der Waals surface area contributed by atoms with Gasteiger partial charge >= 0.3 is 0 Å². The lowest BCUT2D eigenvalue weighted by Gasteiger charge is -2.13. The number of anilines is 1. The van der Waals surface area contributed by atoms with Crippen molar-refractivity contribution >= 4 is 27.3 Å². The molecule has 2 N–H and O–H groups in total. The molecular weight excluding hydrogens is 300 g/mol. The summed E-state index contributed by atoms with van der Waals surface area (Å²) in [6.45, 7) is 1.91. The molecule has 18 heavy (non-hydrogen) atoms. The number of nitro benzene ring substituents is 1. The van der Waals surface area contributed by atoms with E-state index in [1.54, 1.807) is 24.5 Å². The highest BCUT2D eigenvalue weighted by Crippen LogP contribution is 2.30. The van der Waals surface area contributed by atoms with Crippen molar-refractivity contribution in [1.29, 1.82) is 0 Å². The summed E-state index contributed by atoms with van der Waals surface area (Å²) in [7, 11) is 0. The lowest BCUT2D eigenvalue weighted by Crippen LogP contribution is -2.07. The number of hydrogen-bond donors (Lipinski definition) is 2. The minimum Gasteiger partial charge on any atom is -0.373 e. The van der Waals surface area contributed by atoms with Crippen LogP contribution in [0.5, 0.6) is 0 Å². The van der Waals surface area contributed by atoms with Gasteiger partial charge in [0.05, 0.1) is 17.2 Å². The van der Waals surface area contributed by atoms with E-state index in [0.29, 0.717) is 10.2 Å². The maximum Gasteiger partial charge on any atom is 0.293 e. The normalized spacial score (nSPS) is 12.1. The molecule has 94 valence electrons. The lowest BCUT2D eigenvalue weighted by molar-refractivity contribution is -0.384. The summed E-state index contributed by atoms with van der Waals surface area (Å²) in [5, 5.41) is 20.6. The minimum absolute atomic E-state index is 0.0414. The van der Waals surface area contributed by atoms with Crippen molar-refractivity contribution in [3.63, 3.8) is 0 Å². The maximum absolute atomic E-state index is 11.0. The molecule has 0 fully saturated rings. The van der Waals surface area contributed by atoms with Gasteiger partial charge in [0.2, 0.25) is 0 Å². The van der Waals surface area contributed by atoms with E-state index >= 15 is 0 Å². The first-order valence-electron chi connectivity index (χ1n) is 5.27. The van der Waals surface area contributed by atoms with Crippen LogP contribution in [0.4, 0.5) is 11.4 Å². The standard InChI is InChI=1S/C11H11BrN4O2/c1-7(8-5-13-14-6-8)15-10-3-2-9(12)4-11(10)16(17)18/h2-7,15H,1H3,(H,13,14). The fourth-order valence-corrected chi connectivity index (χ4v) is 1.94. The van der Waals surface area contributed by atoms with Crippen LogP contribution in [0.1, 0.15) is 18.5 Å². The molecule has 0 radical (unpaired) electrons. The van der Waals surface area contributed by atoms with E-state index in [9.17, 15) is 10.1 Å². The predicted molar refractivity (Wildman–Crippen MR) is 71.4 cm³/mol. The van der Waals surface area contributed by atoms with Crippen LogP contribution in [0.3, 0.4) is 0 Å². The Morgan fingerprint density at radius 2 is 2.33 bits per heavy atom. The van der Waals surface area contributed by atoms with E-state index in [1.165, 1.54) is 6.07 Å². The van der Waals surface area contributed by atoms with Crippen molar-refractivity contribution in [2.75, 3.05) is 5.32 Å². The molecule has 1 aromatic heterocycles. The summed E-state index contributed by atoms with van der Waals surface area (Å²) in [6.07, 6.45) is 3.44. The van der Waals surface area contributed by atoms with E-state index < -0.39 is 4.92 Å². The number of H-pyrrole nitrogens is 1. The van der Waals surface area contributed by atoms with Gasteiger partial charge < -0.3 is 5.32 Å². The molecule has 0 saturated heterocycles. The first-order chi connectivity index (χ1) is 8.58. The molecule has 1 atom stereocenters. The van der Waals surface area contributed by atoms with Gasteiger partial charge in [-0.1, -0.05) is 15.9 Å². The number of nitrogens with one attached hydrogen (secondary N) is 2. The predicted octanol–water partition coefficient (Wildman–Crippen LogP) is 3.25. The summed E-state index contributed by atoms with van der Waals surface area (Å²) in [4.78, 5) is 10.6. The number of aromatic nitrogens is 2. The summed E-state index contributed by atoms with van der Waals surface area (Å²) in [6, 6.07) is 4.85. The van der Waals surface area contributed by atoms with E-state index in [0.717, 1.165) is 5.56 Å². The molecular formula is C11H11BrN4O2. The topological polar surface area (TPSA) is 83.8 Å². The molecule has 7 heteroatoms. The third-order valence-electron chi connectivity index (χ3n) is 2.55. The van der Waals surface area contributed by atoms with Crippen molar-refractivity contribution < 1.29 is 4.92 Å². The Balaban J connectivity index is 2.26. The van der Waals surface area contributed by atoms with Gasteiger partial charge in [0.15, 0.2) is 0 Å². The average molecular weight is 311 g/mol. The molecule has 0 aliphatic heterocycles. The Kier molecular flexibility index (Phi) is 3.61. The molecule has 1 aromatic carbocycles. The average Bonchev–Trinajstić information content (AvgIpc) is 2.84. The highest BCUT2D eigenvalue weighted by Gasteiger charge is 2.16. The number of nitrogens with zero attached hydrogens (tertiary/aromatic N) is 2. The summed E-state index contributed by atoms with van der Waals surface area (Å²) >= 11 is 3.22. The third kappa shape index (κ3) is 2.67. The van der Waals surface area contributed by atoms with Gasteiger partial charge in [0, 0.05) is 22.3 Å². The second-order valence-electron chi connectivity index (χ2n) is 3.82. The Hall–Kier alpha value is -1.89. The van der Waals surface area contributed by atoms with Crippen molar-refractivity contribution in [3.05, 3.63) is 50.7 Å². The molecule has 0 aliphatic rings. The van der Waals surface area contributed by atoms with E-state index in [1.807, 2.05) is 6.92 Å². The smallest absolute Gasteiger partial charge is 0.293 e. The minimum atomic E-state index is -0.408. The number of hydrogen-bond acceptors (Lipinski definition) is 4. The van der Waals surface area contributed by atoms with Crippen LogP contribution in [0.25, 0.3) is 0 Å². The van der Waals surface area contributed by atoms with Crippen molar-refractivity contribution in [3.8, 4) is 0 Å². The molecule has 6 nitrogen and oxygen atoms in total. The summed E-state index contributed by atoms with van der Waals surface area (Å²) in [5.74, 6) is 0. The zero-order valence-corrected chi connectivity index (χ0v) is 11.1. The van der Waals surface area contributed by atoms with Crippen molar-refractivity contribution in [2.45, 2.75) is 13.0 Å². The molecule has 0 amide bonds. The van der Waals surface area contributed by atoms with Crippen molar-refractivity contribution in [2.24, 2.45) is 0 Å². The molecule has 0 bridgehead atoms. The van der Waals surface area contributed by atoms with Crippen LogP contribution in [-0.2, 0) is 0 Å². The second kappa shape index (κ2) is 5.18. The molecule has 0 aliphatic carbocycles. The summed E-state index contributed by atoms with van der Waals surface area (Å²) < 4.78 is 0.677. The molecule has 1 unspecified atom stereocenters. The van der Waals surface area contributed by atoms with Crippen LogP contribution in [-0.4, -0.2) is 15.1 Å². The monoisotopic (exact) mass is 310 g/mol. The number of halogens is 1. The van der Waals surface area contributed by atoms with Crippen molar-refractivity contribution in [1.82, 2.24) is 10.2 Å². The van der Waals surface area contributed by atoms with Crippen LogP contribution in [0.15, 0.2) is 35.1 Å². The first kappa shape index (κ1) is 12.6. The molecule has 2 aromatic rings. The van der Waals surface area contributed by atoms with Gasteiger partial charge in [-0.25, -0.2) is 0 Å². The SMILES string of the molecule is CC(Nc1ccc(Br)cc1[N+](=O)[O-])c1cn[nH]c1. The fraction of sp³-hybridized carbons (Fsp3) is 0.182. The third-order valence-corrected chi connectivity index (χ3v) is 3.04. The quantitative estimate of drug-likeness (QED) is 0.670. The van der Waals surface area contributed by atoms with Gasteiger partial charge in [0.25, 0.3) is 5.69 Å². The molecule has 1 heterocycles. The van der Waals surface area contributed by atoms with E-state index in [2.05, 4.69) is 31.4 Å². The Morgan fingerprint density at radius 1 is 1.56 bits per heavy atom. The number of aromatic amines is 1. The van der Waals surface area contributed by atoms with E-state index in [4.69, 9.17) is 0 Å². The molecule has 0 spiro atoms. The number of benzene rings is 1. The van der Waals surface area contributed by atoms with Gasteiger partial charge in [-0.15, -0.1) is 0 Å². The van der Waals surface area contributed by atoms with Gasteiger partial charge in [-0.2, -0.15) is 5.10 Å². The lowest BCUT2D eigenvalue weighted by atomic mass is 10.1. The number of nitro groups is 1. The first-order valence-corrected chi connectivity index (χ1v) is 6.06. The van der Waals surface area contributed by atoms with Crippen LogP contribution >= 0.6 is 15.9 Å². The zero-order chi connectivity index (χ0) is 13.1. The van der Waals surface area contributed by atoms with E-state index in [-0.39, 0.29) is 11.7 Å². The zero-order valence-electron chi connectivity index (χ0n) is 9.55. The van der Waals surface area contributed by atoms with Crippen LogP contribution in [0, 0.1) is 10.1 Å². The summed E-state index contributed by atoms with van der Waals surface area (Å²) in [5.41, 5.74) is 1.46. The van der Waals surface area contributed by atoms with Gasteiger partial charge in [-0.05, 0) is 19.1 Å². The number of rotatable bonds is 4. The highest BCUT2D eigenvalue weighted by molar-refractivity contribution is 9.10. The second-order valence-corrected chi connectivity index (χ2v) is 4.73. The highest BCUT2D eigenvalue weighted by atomic mass is 79.9. The van der Waals surface area contributed by atoms with Crippen LogP contribution in [0.2, 0.25) is 0 Å². The Labute approximate surface area is 112 Å². The maximum atomic E-state index is 11.0. The van der Waals surface area contributed by atoms with Gasteiger partial charge in [0.1, 0.15) is 5.69 Å². The van der Waals surface area contributed by atoms with Gasteiger partial charge in [-0.3, -0.25) is 15.2 Å². The Morgan fingerprint density at radius 3 is 2.94 bits per heavy atom. The fourth-order valence-electron chi connectivity index (χ4n) is 1.59. The Bertz CT molecular complexity index is 556. The van der Waals surface area contributed by atoms with Crippen LogP contribution < -0.4 is 5.32 Å². The largest absolute Gasteiger partial charge is 0.373 e.